The van der Waals surface area contributed by atoms with Gasteiger partial charge in [0.1, 0.15) is 0 Å². The number of halogens is 1. The molecule has 0 aliphatic heterocycles. The number of rotatable bonds is 6. The maximum atomic E-state index is 12.1. The molecule has 0 aromatic rings. The molecule has 18 heavy (non-hydrogen) atoms. The summed E-state index contributed by atoms with van der Waals surface area (Å²) >= 11 is 3.47. The second-order valence-corrected chi connectivity index (χ2v) is 6.75. The number of nitrogens with one attached hydrogen (secondary N) is 1. The summed E-state index contributed by atoms with van der Waals surface area (Å²) < 4.78 is 0. The lowest BCUT2D eigenvalue weighted by Gasteiger charge is -2.23. The molecule has 1 N–H and O–H groups in total. The van der Waals surface area contributed by atoms with Gasteiger partial charge in [0.15, 0.2) is 0 Å². The number of hydrogen-bond donors (Lipinski definition) is 1. The van der Waals surface area contributed by atoms with E-state index < -0.39 is 0 Å². The quantitative estimate of drug-likeness (QED) is 0.575. The molecule has 1 fully saturated rings. The highest BCUT2D eigenvalue weighted by Crippen LogP contribution is 2.25. The lowest BCUT2D eigenvalue weighted by molar-refractivity contribution is -0.123. The van der Waals surface area contributed by atoms with E-state index in [1.165, 1.54) is 38.5 Å². The first-order chi connectivity index (χ1) is 8.63. The van der Waals surface area contributed by atoms with Crippen LogP contribution in [0.5, 0.6) is 0 Å². The standard InChI is InChI=1S/C15H28BrNO/c1-12(2)14(9-10-16)17-15(18)11-13-7-5-3-4-6-8-13/h12-14H,3-11H2,1-2H3,(H,17,18). The van der Waals surface area contributed by atoms with Crippen molar-refractivity contribution in [3.63, 3.8) is 0 Å². The van der Waals surface area contributed by atoms with Crippen molar-refractivity contribution in [1.82, 2.24) is 5.32 Å². The topological polar surface area (TPSA) is 29.1 Å². The van der Waals surface area contributed by atoms with E-state index in [2.05, 4.69) is 35.1 Å². The van der Waals surface area contributed by atoms with Crippen molar-refractivity contribution in [2.45, 2.75) is 71.3 Å². The Morgan fingerprint density at radius 2 is 1.83 bits per heavy atom. The molecule has 0 spiro atoms. The largest absolute Gasteiger partial charge is 0.353 e. The van der Waals surface area contributed by atoms with Crippen LogP contribution in [-0.2, 0) is 4.79 Å². The number of carbonyl (C=O) groups is 1. The van der Waals surface area contributed by atoms with Crippen molar-refractivity contribution < 1.29 is 4.79 Å². The third kappa shape index (κ3) is 6.21. The summed E-state index contributed by atoms with van der Waals surface area (Å²) in [5.41, 5.74) is 0. The molecule has 106 valence electrons. The predicted octanol–water partition coefficient (Wildman–Crippen LogP) is 4.27. The minimum atomic E-state index is 0.265. The second-order valence-electron chi connectivity index (χ2n) is 5.96. The summed E-state index contributed by atoms with van der Waals surface area (Å²) in [5.74, 6) is 1.41. The van der Waals surface area contributed by atoms with Crippen molar-refractivity contribution in [2.75, 3.05) is 5.33 Å². The Labute approximate surface area is 120 Å². The highest BCUT2D eigenvalue weighted by molar-refractivity contribution is 9.09. The summed E-state index contributed by atoms with van der Waals surface area (Å²) in [6, 6.07) is 0.322. The van der Waals surface area contributed by atoms with Gasteiger partial charge in [-0.1, -0.05) is 55.5 Å². The van der Waals surface area contributed by atoms with Crippen LogP contribution in [0.2, 0.25) is 0 Å². The van der Waals surface area contributed by atoms with Gasteiger partial charge in [0.2, 0.25) is 5.91 Å². The van der Waals surface area contributed by atoms with Crippen LogP contribution in [0.3, 0.4) is 0 Å². The third-order valence-electron chi connectivity index (χ3n) is 4.02. The van der Waals surface area contributed by atoms with Gasteiger partial charge in [0, 0.05) is 17.8 Å². The van der Waals surface area contributed by atoms with Crippen LogP contribution < -0.4 is 5.32 Å². The minimum absolute atomic E-state index is 0.265. The van der Waals surface area contributed by atoms with Crippen LogP contribution >= 0.6 is 15.9 Å². The van der Waals surface area contributed by atoms with Gasteiger partial charge in [-0.15, -0.1) is 0 Å². The zero-order valence-electron chi connectivity index (χ0n) is 11.9. The van der Waals surface area contributed by atoms with E-state index in [1.807, 2.05) is 0 Å². The fourth-order valence-corrected chi connectivity index (χ4v) is 3.28. The van der Waals surface area contributed by atoms with Crippen molar-refractivity contribution in [3.05, 3.63) is 0 Å². The van der Waals surface area contributed by atoms with Crippen LogP contribution in [0.4, 0.5) is 0 Å². The highest BCUT2D eigenvalue weighted by Gasteiger charge is 2.19. The zero-order valence-corrected chi connectivity index (χ0v) is 13.5. The average Bonchev–Trinajstić information content (AvgIpc) is 2.57. The van der Waals surface area contributed by atoms with Crippen LogP contribution in [-0.4, -0.2) is 17.3 Å². The molecule has 0 heterocycles. The molecule has 1 atom stereocenters. The van der Waals surface area contributed by atoms with Crippen LogP contribution in [0.15, 0.2) is 0 Å². The third-order valence-corrected chi connectivity index (χ3v) is 4.48. The van der Waals surface area contributed by atoms with E-state index in [1.54, 1.807) is 0 Å². The Hall–Kier alpha value is -0.0500. The molecule has 1 aliphatic rings. The predicted molar refractivity (Wildman–Crippen MR) is 81.0 cm³/mol. The van der Waals surface area contributed by atoms with Crippen molar-refractivity contribution in [3.8, 4) is 0 Å². The minimum Gasteiger partial charge on any atom is -0.353 e. The smallest absolute Gasteiger partial charge is 0.220 e. The molecule has 1 saturated carbocycles. The Bertz CT molecular complexity index is 235. The highest BCUT2D eigenvalue weighted by atomic mass is 79.9. The maximum absolute atomic E-state index is 12.1. The van der Waals surface area contributed by atoms with E-state index in [4.69, 9.17) is 0 Å². The molecule has 0 saturated heterocycles. The van der Waals surface area contributed by atoms with Crippen LogP contribution in [0, 0.1) is 11.8 Å². The van der Waals surface area contributed by atoms with Gasteiger partial charge in [-0.3, -0.25) is 4.79 Å². The first-order valence-corrected chi connectivity index (χ1v) is 8.61. The van der Waals surface area contributed by atoms with Gasteiger partial charge in [-0.05, 0) is 31.1 Å². The van der Waals surface area contributed by atoms with Crippen molar-refractivity contribution in [2.24, 2.45) is 11.8 Å². The summed E-state index contributed by atoms with van der Waals surface area (Å²) in [7, 11) is 0. The van der Waals surface area contributed by atoms with E-state index >= 15 is 0 Å². The Balaban J connectivity index is 2.34. The SMILES string of the molecule is CC(C)C(CCBr)NC(=O)CC1CCCCCC1. The normalized spacial score (nSPS) is 19.6. The van der Waals surface area contributed by atoms with Gasteiger partial charge >= 0.3 is 0 Å². The van der Waals surface area contributed by atoms with Gasteiger partial charge in [0.25, 0.3) is 0 Å². The molecule has 3 heteroatoms. The molecule has 1 rings (SSSR count). The molecule has 0 bridgehead atoms. The molecule has 0 aromatic heterocycles. The Morgan fingerprint density at radius 3 is 2.33 bits per heavy atom. The van der Waals surface area contributed by atoms with E-state index in [-0.39, 0.29) is 5.91 Å². The summed E-state index contributed by atoms with van der Waals surface area (Å²) in [6.07, 6.45) is 9.60. The number of carbonyl (C=O) groups excluding carboxylic acids is 1. The average molecular weight is 318 g/mol. The summed E-state index contributed by atoms with van der Waals surface area (Å²) in [6.45, 7) is 4.36. The lowest BCUT2D eigenvalue weighted by atomic mass is 9.95. The molecule has 1 unspecified atom stereocenters. The van der Waals surface area contributed by atoms with E-state index in [9.17, 15) is 4.79 Å². The summed E-state index contributed by atoms with van der Waals surface area (Å²) in [4.78, 5) is 12.1. The first kappa shape index (κ1) is 16.0. The van der Waals surface area contributed by atoms with Gasteiger partial charge in [-0.2, -0.15) is 0 Å². The Morgan fingerprint density at radius 1 is 1.22 bits per heavy atom. The van der Waals surface area contributed by atoms with Crippen LogP contribution in [0.1, 0.15) is 65.2 Å². The molecule has 0 aromatic carbocycles. The molecule has 0 radical (unpaired) electrons. The molecule has 1 aliphatic carbocycles. The number of hydrogen-bond acceptors (Lipinski definition) is 1. The number of alkyl halides is 1. The lowest BCUT2D eigenvalue weighted by Crippen LogP contribution is -2.39. The van der Waals surface area contributed by atoms with Crippen molar-refractivity contribution >= 4 is 21.8 Å². The van der Waals surface area contributed by atoms with E-state index in [0.717, 1.165) is 18.2 Å². The molecular weight excluding hydrogens is 290 g/mol. The van der Waals surface area contributed by atoms with Gasteiger partial charge in [-0.25, -0.2) is 0 Å². The molecule has 1 amide bonds. The maximum Gasteiger partial charge on any atom is 0.220 e. The van der Waals surface area contributed by atoms with Crippen molar-refractivity contribution in [1.29, 1.82) is 0 Å². The van der Waals surface area contributed by atoms with Gasteiger partial charge < -0.3 is 5.32 Å². The molecular formula is C15H28BrNO. The monoisotopic (exact) mass is 317 g/mol. The van der Waals surface area contributed by atoms with E-state index in [0.29, 0.717) is 17.9 Å². The Kier molecular flexibility index (Phi) is 7.96. The zero-order chi connectivity index (χ0) is 13.4. The van der Waals surface area contributed by atoms with Crippen LogP contribution in [0.25, 0.3) is 0 Å². The fourth-order valence-electron chi connectivity index (χ4n) is 2.79. The second kappa shape index (κ2) is 8.95. The first-order valence-electron chi connectivity index (χ1n) is 7.48. The fraction of sp³-hybridized carbons (Fsp3) is 0.933. The van der Waals surface area contributed by atoms with Gasteiger partial charge in [0.05, 0.1) is 0 Å². The molecule has 2 nitrogen and oxygen atoms in total. The summed E-state index contributed by atoms with van der Waals surface area (Å²) in [5, 5.41) is 4.17. The number of amides is 1.